The lowest BCUT2D eigenvalue weighted by Gasteiger charge is -2.14. The van der Waals surface area contributed by atoms with Gasteiger partial charge in [0, 0.05) is 12.1 Å². The van der Waals surface area contributed by atoms with Gasteiger partial charge in [-0.15, -0.1) is 0 Å². The Bertz CT molecular complexity index is 1190. The second-order valence-electron chi connectivity index (χ2n) is 7.18. The van der Waals surface area contributed by atoms with Crippen molar-refractivity contribution in [2.75, 3.05) is 24.3 Å². The van der Waals surface area contributed by atoms with E-state index in [0.29, 0.717) is 29.1 Å². The van der Waals surface area contributed by atoms with Crippen LogP contribution in [-0.2, 0) is 21.2 Å². The zero-order chi connectivity index (χ0) is 23.1. The molecule has 3 aromatic rings. The van der Waals surface area contributed by atoms with Crippen LogP contribution >= 0.6 is 0 Å². The fourth-order valence-electron chi connectivity index (χ4n) is 3.17. The number of hydrogen-bond acceptors (Lipinski definition) is 5. The molecule has 0 aromatic heterocycles. The number of carbonyl (C=O) groups is 1. The fourth-order valence-corrected chi connectivity index (χ4v) is 4.51. The summed E-state index contributed by atoms with van der Waals surface area (Å²) < 4.78 is 38.9. The Kier molecular flexibility index (Phi) is 7.37. The number of ether oxygens (including phenoxy) is 2. The normalized spacial score (nSPS) is 11.0. The van der Waals surface area contributed by atoms with Gasteiger partial charge in [-0.25, -0.2) is 8.42 Å². The first-order valence-corrected chi connectivity index (χ1v) is 11.5. The fraction of sp³-hybridized carbons (Fsp3) is 0.208. The Balaban J connectivity index is 1.70. The molecule has 0 saturated heterocycles. The second-order valence-corrected chi connectivity index (χ2v) is 8.83. The van der Waals surface area contributed by atoms with Gasteiger partial charge in [-0.05, 0) is 60.9 Å². The quantitative estimate of drug-likeness (QED) is 0.500. The van der Waals surface area contributed by atoms with Crippen molar-refractivity contribution in [2.45, 2.75) is 24.7 Å². The van der Waals surface area contributed by atoms with Crippen molar-refractivity contribution in [1.82, 2.24) is 0 Å². The third-order valence-electron chi connectivity index (χ3n) is 4.91. The van der Waals surface area contributed by atoms with Crippen molar-refractivity contribution >= 4 is 27.3 Å². The minimum Gasteiger partial charge on any atom is -0.497 e. The number of hydrogen-bond donors (Lipinski definition) is 2. The van der Waals surface area contributed by atoms with Crippen molar-refractivity contribution < 1.29 is 22.7 Å². The number of anilines is 2. The topological polar surface area (TPSA) is 93.7 Å². The molecule has 3 rings (SSSR count). The number of aryl methyl sites for hydroxylation is 2. The molecular formula is C24H26N2O5S. The van der Waals surface area contributed by atoms with Gasteiger partial charge < -0.3 is 14.8 Å². The van der Waals surface area contributed by atoms with Crippen LogP contribution in [0.25, 0.3) is 0 Å². The second kappa shape index (κ2) is 10.2. The first-order valence-electron chi connectivity index (χ1n) is 10.0. The molecular weight excluding hydrogens is 428 g/mol. The van der Waals surface area contributed by atoms with Crippen LogP contribution < -0.4 is 19.5 Å². The molecule has 168 valence electrons. The van der Waals surface area contributed by atoms with Gasteiger partial charge in [0.25, 0.3) is 10.0 Å². The Labute approximate surface area is 188 Å². The molecule has 0 aliphatic carbocycles. The molecule has 1 amide bonds. The van der Waals surface area contributed by atoms with Crippen molar-refractivity contribution in [3.8, 4) is 11.5 Å². The average Bonchev–Trinajstić information content (AvgIpc) is 2.79. The Morgan fingerprint density at radius 2 is 1.66 bits per heavy atom. The van der Waals surface area contributed by atoms with Gasteiger partial charge in [0.15, 0.2) is 0 Å². The average molecular weight is 455 g/mol. The van der Waals surface area contributed by atoms with Crippen LogP contribution in [0.3, 0.4) is 0 Å². The van der Waals surface area contributed by atoms with E-state index in [9.17, 15) is 13.2 Å². The molecule has 0 aliphatic rings. The molecule has 2 N–H and O–H groups in total. The molecule has 0 bridgehead atoms. The Hall–Kier alpha value is -3.52. The van der Waals surface area contributed by atoms with Crippen LogP contribution in [0.5, 0.6) is 11.5 Å². The summed E-state index contributed by atoms with van der Waals surface area (Å²) >= 11 is 0. The predicted octanol–water partition coefficient (Wildman–Crippen LogP) is 4.38. The van der Waals surface area contributed by atoms with Gasteiger partial charge in [-0.2, -0.15) is 0 Å². The number of para-hydroxylation sites is 2. The number of sulfonamides is 1. The lowest BCUT2D eigenvalue weighted by atomic mass is 10.1. The van der Waals surface area contributed by atoms with Crippen molar-refractivity contribution in [1.29, 1.82) is 0 Å². The number of methoxy groups -OCH3 is 2. The van der Waals surface area contributed by atoms with Gasteiger partial charge >= 0.3 is 0 Å². The van der Waals surface area contributed by atoms with E-state index in [1.807, 2.05) is 24.3 Å². The van der Waals surface area contributed by atoms with Crippen molar-refractivity contribution in [3.05, 3.63) is 77.9 Å². The first kappa shape index (κ1) is 23.1. The SMILES string of the molecule is COc1ccc(CCC(=O)Nc2ccc(C)c(S(=O)(=O)Nc3ccccc3OC)c2)cc1. The first-order chi connectivity index (χ1) is 15.3. The molecule has 0 heterocycles. The number of carbonyl (C=O) groups excluding carboxylic acids is 1. The van der Waals surface area contributed by atoms with E-state index in [4.69, 9.17) is 9.47 Å². The molecule has 0 unspecified atom stereocenters. The summed E-state index contributed by atoms with van der Waals surface area (Å²) in [6.07, 6.45) is 0.823. The summed E-state index contributed by atoms with van der Waals surface area (Å²) in [6, 6.07) is 19.1. The number of rotatable bonds is 9. The number of nitrogens with one attached hydrogen (secondary N) is 2. The molecule has 0 atom stereocenters. The van der Waals surface area contributed by atoms with Crippen LogP contribution in [-0.4, -0.2) is 28.5 Å². The summed E-state index contributed by atoms with van der Waals surface area (Å²) in [5.74, 6) is 0.968. The molecule has 0 fully saturated rings. The van der Waals surface area contributed by atoms with Gasteiger partial charge in [-0.1, -0.05) is 30.3 Å². The largest absolute Gasteiger partial charge is 0.497 e. The van der Waals surface area contributed by atoms with Gasteiger partial charge in [0.1, 0.15) is 11.5 Å². The van der Waals surface area contributed by atoms with E-state index in [-0.39, 0.29) is 17.2 Å². The standard InChI is InChI=1S/C24H26N2O5S/c1-17-8-12-19(25-24(27)15-11-18-9-13-20(30-2)14-10-18)16-23(17)32(28,29)26-21-6-4-5-7-22(21)31-3/h4-10,12-14,16,26H,11,15H2,1-3H3,(H,25,27). The highest BCUT2D eigenvalue weighted by Crippen LogP contribution is 2.28. The highest BCUT2D eigenvalue weighted by Gasteiger charge is 2.20. The minimum absolute atomic E-state index is 0.0800. The molecule has 0 spiro atoms. The maximum Gasteiger partial charge on any atom is 0.262 e. The van der Waals surface area contributed by atoms with Gasteiger partial charge in [0.2, 0.25) is 5.91 Å². The molecule has 7 nitrogen and oxygen atoms in total. The van der Waals surface area contributed by atoms with Crippen LogP contribution in [0.2, 0.25) is 0 Å². The third-order valence-corrected chi connectivity index (χ3v) is 6.42. The van der Waals surface area contributed by atoms with Crippen molar-refractivity contribution in [2.24, 2.45) is 0 Å². The maximum absolute atomic E-state index is 13.0. The predicted molar refractivity (Wildman–Crippen MR) is 125 cm³/mol. The van der Waals surface area contributed by atoms with Crippen LogP contribution in [0.1, 0.15) is 17.5 Å². The van der Waals surface area contributed by atoms with E-state index in [1.165, 1.54) is 13.2 Å². The highest BCUT2D eigenvalue weighted by atomic mass is 32.2. The van der Waals surface area contributed by atoms with Crippen LogP contribution in [0.15, 0.2) is 71.6 Å². The zero-order valence-corrected chi connectivity index (χ0v) is 19.0. The molecule has 32 heavy (non-hydrogen) atoms. The summed E-state index contributed by atoms with van der Waals surface area (Å²) in [6.45, 7) is 1.70. The lowest BCUT2D eigenvalue weighted by molar-refractivity contribution is -0.116. The lowest BCUT2D eigenvalue weighted by Crippen LogP contribution is -2.16. The van der Waals surface area contributed by atoms with E-state index in [2.05, 4.69) is 10.0 Å². The Morgan fingerprint density at radius 1 is 0.938 bits per heavy atom. The monoisotopic (exact) mass is 454 g/mol. The number of benzene rings is 3. The molecule has 0 saturated carbocycles. The molecule has 0 aliphatic heterocycles. The molecule has 3 aromatic carbocycles. The highest BCUT2D eigenvalue weighted by molar-refractivity contribution is 7.92. The maximum atomic E-state index is 13.0. The van der Waals surface area contributed by atoms with Gasteiger partial charge in [0.05, 0.1) is 24.8 Å². The summed E-state index contributed by atoms with van der Waals surface area (Å²) in [7, 11) is -0.816. The third kappa shape index (κ3) is 5.79. The van der Waals surface area contributed by atoms with E-state index in [0.717, 1.165) is 11.3 Å². The van der Waals surface area contributed by atoms with Crippen LogP contribution in [0, 0.1) is 6.92 Å². The van der Waals surface area contributed by atoms with E-state index < -0.39 is 10.0 Å². The van der Waals surface area contributed by atoms with E-state index >= 15 is 0 Å². The minimum atomic E-state index is -3.89. The smallest absolute Gasteiger partial charge is 0.262 e. The van der Waals surface area contributed by atoms with Gasteiger partial charge in [-0.3, -0.25) is 9.52 Å². The molecule has 0 radical (unpaired) electrons. The summed E-state index contributed by atoms with van der Waals surface area (Å²) in [5, 5.41) is 2.78. The number of amides is 1. The zero-order valence-electron chi connectivity index (χ0n) is 18.2. The van der Waals surface area contributed by atoms with Crippen LogP contribution in [0.4, 0.5) is 11.4 Å². The Morgan fingerprint density at radius 3 is 2.34 bits per heavy atom. The summed E-state index contributed by atoms with van der Waals surface area (Å²) in [5.41, 5.74) is 2.32. The summed E-state index contributed by atoms with van der Waals surface area (Å²) in [4.78, 5) is 12.5. The van der Waals surface area contributed by atoms with E-state index in [1.54, 1.807) is 50.4 Å². The molecule has 8 heteroatoms. The van der Waals surface area contributed by atoms with Crippen molar-refractivity contribution in [3.63, 3.8) is 0 Å².